The van der Waals surface area contributed by atoms with Gasteiger partial charge >= 0.3 is 11.7 Å². The molecule has 2 rings (SSSR count). The van der Waals surface area contributed by atoms with E-state index in [0.717, 1.165) is 12.8 Å². The maximum absolute atomic E-state index is 12.2. The summed E-state index contributed by atoms with van der Waals surface area (Å²) in [6, 6.07) is 0. The van der Waals surface area contributed by atoms with Gasteiger partial charge in [-0.3, -0.25) is 4.79 Å². The van der Waals surface area contributed by atoms with Crippen LogP contribution < -0.4 is 5.69 Å². The zero-order valence-electron chi connectivity index (χ0n) is 10.0. The number of carbonyl (C=O) groups excluding carboxylic acids is 1. The lowest BCUT2D eigenvalue weighted by molar-refractivity contribution is -0.150. The summed E-state index contributed by atoms with van der Waals surface area (Å²) in [5.41, 5.74) is -1.59. The molecule has 7 heteroatoms. The number of carbonyl (C=O) groups is 2. The molecule has 1 atom stereocenters. The molecule has 7 nitrogen and oxygen atoms in total. The van der Waals surface area contributed by atoms with Crippen molar-refractivity contribution in [2.45, 2.75) is 31.7 Å². The van der Waals surface area contributed by atoms with Crippen molar-refractivity contribution in [3.8, 4) is 0 Å². The fourth-order valence-electron chi connectivity index (χ4n) is 2.26. The zero-order chi connectivity index (χ0) is 13.3. The second-order valence-electron chi connectivity index (χ2n) is 4.65. The van der Waals surface area contributed by atoms with Crippen molar-refractivity contribution in [2.24, 2.45) is 0 Å². The molecule has 0 spiro atoms. The van der Waals surface area contributed by atoms with Gasteiger partial charge in [-0.15, -0.1) is 0 Å². The zero-order valence-corrected chi connectivity index (χ0v) is 10.0. The molecule has 1 aromatic heterocycles. The fourth-order valence-corrected chi connectivity index (χ4v) is 2.26. The van der Waals surface area contributed by atoms with E-state index in [1.54, 1.807) is 0 Å². The van der Waals surface area contributed by atoms with E-state index < -0.39 is 23.1 Å². The van der Waals surface area contributed by atoms with Crippen LogP contribution in [0.3, 0.4) is 0 Å². The molecule has 0 radical (unpaired) electrons. The maximum Gasteiger partial charge on any atom is 0.329 e. The van der Waals surface area contributed by atoms with Crippen LogP contribution in [0.5, 0.6) is 0 Å². The van der Waals surface area contributed by atoms with Crippen LogP contribution in [0.1, 0.15) is 36.7 Å². The van der Waals surface area contributed by atoms with Crippen molar-refractivity contribution in [3.63, 3.8) is 0 Å². The molecule has 18 heavy (non-hydrogen) atoms. The molecule has 1 aliphatic rings. The minimum atomic E-state index is -1.20. The van der Waals surface area contributed by atoms with E-state index >= 15 is 0 Å². The summed E-state index contributed by atoms with van der Waals surface area (Å²) in [4.78, 5) is 40.5. The van der Waals surface area contributed by atoms with Crippen molar-refractivity contribution in [1.29, 1.82) is 0 Å². The number of imidazole rings is 1. The molecular formula is C11H15N3O4. The number of hydrogen-bond donors (Lipinski definition) is 3. The summed E-state index contributed by atoms with van der Waals surface area (Å²) in [5.74, 6) is -1.48. The molecule has 1 aliphatic heterocycles. The van der Waals surface area contributed by atoms with Crippen LogP contribution in [0.2, 0.25) is 0 Å². The minimum absolute atomic E-state index is 0.0920. The van der Waals surface area contributed by atoms with Crippen LogP contribution in [-0.2, 0) is 4.79 Å². The molecule has 2 heterocycles. The van der Waals surface area contributed by atoms with E-state index in [1.807, 2.05) is 0 Å². The lowest BCUT2D eigenvalue weighted by Crippen LogP contribution is -2.57. The Kier molecular flexibility index (Phi) is 2.98. The average molecular weight is 253 g/mol. The van der Waals surface area contributed by atoms with E-state index in [0.29, 0.717) is 13.0 Å². The molecule has 1 amide bonds. The normalized spacial score (nSPS) is 23.9. The molecule has 0 bridgehead atoms. The third-order valence-corrected chi connectivity index (χ3v) is 3.42. The highest BCUT2D eigenvalue weighted by atomic mass is 16.4. The van der Waals surface area contributed by atoms with Crippen LogP contribution in [-0.4, -0.2) is 43.9 Å². The highest BCUT2D eigenvalue weighted by Gasteiger charge is 2.44. The first-order valence-corrected chi connectivity index (χ1v) is 5.78. The number of amides is 1. The summed E-state index contributed by atoms with van der Waals surface area (Å²) >= 11 is 0. The third-order valence-electron chi connectivity index (χ3n) is 3.42. The Morgan fingerprint density at radius 2 is 2.17 bits per heavy atom. The molecule has 1 unspecified atom stereocenters. The van der Waals surface area contributed by atoms with Gasteiger partial charge in [0.05, 0.1) is 0 Å². The maximum atomic E-state index is 12.2. The smallest absolute Gasteiger partial charge is 0.329 e. The van der Waals surface area contributed by atoms with Crippen molar-refractivity contribution in [1.82, 2.24) is 14.9 Å². The Morgan fingerprint density at radius 3 is 2.72 bits per heavy atom. The number of aliphatic carboxylic acids is 1. The number of likely N-dealkylation sites (tertiary alicyclic amines) is 1. The van der Waals surface area contributed by atoms with Crippen LogP contribution in [0.15, 0.2) is 11.0 Å². The van der Waals surface area contributed by atoms with Gasteiger partial charge in [0.2, 0.25) is 0 Å². The van der Waals surface area contributed by atoms with Gasteiger partial charge in [-0.2, -0.15) is 0 Å². The quantitative estimate of drug-likeness (QED) is 0.698. The monoisotopic (exact) mass is 253 g/mol. The number of rotatable bonds is 2. The Balaban J connectivity index is 2.32. The molecule has 1 fully saturated rings. The largest absolute Gasteiger partial charge is 0.480 e. The molecule has 3 N–H and O–H groups in total. The Morgan fingerprint density at radius 1 is 1.44 bits per heavy atom. The predicted molar refractivity (Wildman–Crippen MR) is 62.3 cm³/mol. The lowest BCUT2D eigenvalue weighted by atomic mass is 9.88. The van der Waals surface area contributed by atoms with Gasteiger partial charge in [0.15, 0.2) is 0 Å². The molecule has 0 aliphatic carbocycles. The van der Waals surface area contributed by atoms with Crippen LogP contribution in [0, 0.1) is 0 Å². The Labute approximate surface area is 103 Å². The number of piperidine rings is 1. The first kappa shape index (κ1) is 12.4. The summed E-state index contributed by atoms with van der Waals surface area (Å²) in [6.07, 6.45) is 3.23. The van der Waals surface area contributed by atoms with Crippen LogP contribution in [0.25, 0.3) is 0 Å². The standard InChI is InChI=1S/C11H15N3O4/c1-11(9(16)17)4-2-3-5-14(11)8(15)7-6-12-10(18)13-7/h6H,2-5H2,1H3,(H,16,17)(H2,12,13,18). The topological polar surface area (TPSA) is 106 Å². The number of hydrogen-bond acceptors (Lipinski definition) is 3. The average Bonchev–Trinajstić information content (AvgIpc) is 2.75. The molecular weight excluding hydrogens is 238 g/mol. The summed E-state index contributed by atoms with van der Waals surface area (Å²) < 4.78 is 0. The number of aromatic nitrogens is 2. The summed E-state index contributed by atoms with van der Waals surface area (Å²) in [7, 11) is 0. The van der Waals surface area contributed by atoms with Crippen molar-refractivity contribution < 1.29 is 14.7 Å². The van der Waals surface area contributed by atoms with Crippen LogP contribution in [0.4, 0.5) is 0 Å². The SMILES string of the molecule is CC1(C(=O)O)CCCCN1C(=O)c1c[nH]c(=O)[nH]1. The molecule has 0 aromatic carbocycles. The molecule has 1 aromatic rings. The number of aromatic amines is 2. The van der Waals surface area contributed by atoms with E-state index in [1.165, 1.54) is 18.0 Å². The van der Waals surface area contributed by atoms with E-state index in [-0.39, 0.29) is 5.69 Å². The number of carboxylic acids is 1. The van der Waals surface area contributed by atoms with E-state index in [2.05, 4.69) is 9.97 Å². The van der Waals surface area contributed by atoms with Gasteiger partial charge < -0.3 is 20.0 Å². The van der Waals surface area contributed by atoms with Gasteiger partial charge in [-0.05, 0) is 26.2 Å². The number of H-pyrrole nitrogens is 2. The second kappa shape index (κ2) is 4.32. The lowest BCUT2D eigenvalue weighted by Gasteiger charge is -2.41. The molecule has 1 saturated heterocycles. The first-order chi connectivity index (χ1) is 8.45. The second-order valence-corrected chi connectivity index (χ2v) is 4.65. The van der Waals surface area contributed by atoms with E-state index in [4.69, 9.17) is 0 Å². The number of carboxylic acid groups (broad SMARTS) is 1. The van der Waals surface area contributed by atoms with Gasteiger partial charge in [-0.25, -0.2) is 9.59 Å². The highest BCUT2D eigenvalue weighted by Crippen LogP contribution is 2.29. The minimum Gasteiger partial charge on any atom is -0.480 e. The Bertz CT molecular complexity index is 532. The van der Waals surface area contributed by atoms with Gasteiger partial charge in [0.25, 0.3) is 5.91 Å². The van der Waals surface area contributed by atoms with Gasteiger partial charge in [0.1, 0.15) is 11.2 Å². The Hall–Kier alpha value is -2.05. The molecule has 0 saturated carbocycles. The summed E-state index contributed by atoms with van der Waals surface area (Å²) in [5, 5.41) is 9.30. The number of nitrogens with one attached hydrogen (secondary N) is 2. The molecule has 98 valence electrons. The summed E-state index contributed by atoms with van der Waals surface area (Å²) in [6.45, 7) is 1.92. The van der Waals surface area contributed by atoms with E-state index in [9.17, 15) is 19.5 Å². The number of nitrogens with zero attached hydrogens (tertiary/aromatic N) is 1. The highest BCUT2D eigenvalue weighted by molar-refractivity contribution is 5.96. The van der Waals surface area contributed by atoms with Gasteiger partial charge in [0, 0.05) is 12.7 Å². The van der Waals surface area contributed by atoms with Crippen molar-refractivity contribution in [2.75, 3.05) is 6.54 Å². The van der Waals surface area contributed by atoms with Crippen LogP contribution >= 0.6 is 0 Å². The third kappa shape index (κ3) is 1.92. The van der Waals surface area contributed by atoms with Crippen molar-refractivity contribution >= 4 is 11.9 Å². The first-order valence-electron chi connectivity index (χ1n) is 5.78. The predicted octanol–water partition coefficient (Wildman–Crippen LogP) is 0.172. The van der Waals surface area contributed by atoms with Gasteiger partial charge in [-0.1, -0.05) is 0 Å². The fraction of sp³-hybridized carbons (Fsp3) is 0.545. The van der Waals surface area contributed by atoms with Crippen molar-refractivity contribution in [3.05, 3.63) is 22.4 Å².